The van der Waals surface area contributed by atoms with Crippen molar-refractivity contribution in [1.82, 2.24) is 0 Å². The molecular weight excluding hydrogens is 220 g/mol. The van der Waals surface area contributed by atoms with Crippen molar-refractivity contribution in [2.24, 2.45) is 11.7 Å². The fraction of sp³-hybridized carbons (Fsp3) is 0.625. The van der Waals surface area contributed by atoms with Gasteiger partial charge in [-0.2, -0.15) is 0 Å². The van der Waals surface area contributed by atoms with E-state index in [1.165, 1.54) is 24.1 Å². The predicted octanol–water partition coefficient (Wildman–Crippen LogP) is 3.58. The third kappa shape index (κ3) is 3.74. The summed E-state index contributed by atoms with van der Waals surface area (Å²) in [5.74, 6) is 0.640. The van der Waals surface area contributed by atoms with Gasteiger partial charge in [0, 0.05) is 24.8 Å². The standard InChI is InChI=1S/C16H28N2/c1-5-7-14(4)16(12-17)18(6-2)15-10-8-13(3)9-11-15/h8-11,14,16H,5-7,12,17H2,1-4H3. The maximum Gasteiger partial charge on any atom is 0.0437 e. The first kappa shape index (κ1) is 15.0. The Kier molecular flexibility index (Phi) is 6.20. The minimum Gasteiger partial charge on any atom is -0.367 e. The van der Waals surface area contributed by atoms with Crippen molar-refractivity contribution in [3.05, 3.63) is 29.8 Å². The second kappa shape index (κ2) is 7.42. The Bertz CT molecular complexity index is 331. The van der Waals surface area contributed by atoms with Crippen molar-refractivity contribution in [3.8, 4) is 0 Å². The van der Waals surface area contributed by atoms with E-state index in [-0.39, 0.29) is 0 Å². The SMILES string of the molecule is CCCC(C)C(CN)N(CC)c1ccc(C)cc1. The van der Waals surface area contributed by atoms with Gasteiger partial charge < -0.3 is 10.6 Å². The van der Waals surface area contributed by atoms with E-state index in [0.29, 0.717) is 12.0 Å². The minimum absolute atomic E-state index is 0.442. The summed E-state index contributed by atoms with van der Waals surface area (Å²) in [6.07, 6.45) is 2.47. The Morgan fingerprint density at radius 3 is 2.22 bits per heavy atom. The van der Waals surface area contributed by atoms with Crippen LogP contribution in [0.2, 0.25) is 0 Å². The fourth-order valence-electron chi connectivity index (χ4n) is 2.66. The third-order valence-corrected chi connectivity index (χ3v) is 3.75. The molecule has 0 radical (unpaired) electrons. The summed E-state index contributed by atoms with van der Waals surface area (Å²) in [7, 11) is 0. The van der Waals surface area contributed by atoms with Gasteiger partial charge in [0.1, 0.15) is 0 Å². The first-order valence-electron chi connectivity index (χ1n) is 7.17. The molecule has 0 spiro atoms. The molecular formula is C16H28N2. The molecule has 0 aliphatic heterocycles. The zero-order valence-corrected chi connectivity index (χ0v) is 12.3. The Hall–Kier alpha value is -1.02. The Morgan fingerprint density at radius 1 is 1.17 bits per heavy atom. The molecule has 2 heteroatoms. The molecule has 0 saturated heterocycles. The minimum atomic E-state index is 0.442. The van der Waals surface area contributed by atoms with E-state index in [2.05, 4.69) is 56.9 Å². The van der Waals surface area contributed by atoms with E-state index in [0.717, 1.165) is 13.1 Å². The number of aryl methyl sites for hydroxylation is 1. The lowest BCUT2D eigenvalue weighted by Gasteiger charge is -2.36. The molecule has 1 rings (SSSR count). The highest BCUT2D eigenvalue weighted by Gasteiger charge is 2.21. The number of likely N-dealkylation sites (N-methyl/N-ethyl adjacent to an activating group) is 1. The zero-order valence-electron chi connectivity index (χ0n) is 12.3. The van der Waals surface area contributed by atoms with Crippen LogP contribution in [0.15, 0.2) is 24.3 Å². The number of hydrogen-bond donors (Lipinski definition) is 1. The topological polar surface area (TPSA) is 29.3 Å². The molecule has 0 saturated carbocycles. The van der Waals surface area contributed by atoms with Crippen LogP contribution < -0.4 is 10.6 Å². The van der Waals surface area contributed by atoms with E-state index in [1.54, 1.807) is 0 Å². The monoisotopic (exact) mass is 248 g/mol. The van der Waals surface area contributed by atoms with Gasteiger partial charge in [0.2, 0.25) is 0 Å². The van der Waals surface area contributed by atoms with Gasteiger partial charge in [0.25, 0.3) is 0 Å². The lowest BCUT2D eigenvalue weighted by Crippen LogP contribution is -2.45. The average Bonchev–Trinajstić information content (AvgIpc) is 2.37. The van der Waals surface area contributed by atoms with E-state index in [1.807, 2.05) is 0 Å². The van der Waals surface area contributed by atoms with Crippen LogP contribution in [0, 0.1) is 12.8 Å². The highest BCUT2D eigenvalue weighted by Crippen LogP contribution is 2.23. The quantitative estimate of drug-likeness (QED) is 0.799. The molecule has 1 aromatic carbocycles. The molecule has 0 aromatic heterocycles. The second-order valence-corrected chi connectivity index (χ2v) is 5.19. The molecule has 2 N–H and O–H groups in total. The number of anilines is 1. The van der Waals surface area contributed by atoms with Gasteiger partial charge in [-0.3, -0.25) is 0 Å². The Labute approximate surface area is 112 Å². The average molecular weight is 248 g/mol. The Balaban J connectivity index is 2.88. The van der Waals surface area contributed by atoms with Crippen LogP contribution in [-0.2, 0) is 0 Å². The van der Waals surface area contributed by atoms with Gasteiger partial charge in [-0.25, -0.2) is 0 Å². The number of benzene rings is 1. The number of nitrogens with zero attached hydrogens (tertiary/aromatic N) is 1. The third-order valence-electron chi connectivity index (χ3n) is 3.75. The summed E-state index contributed by atoms with van der Waals surface area (Å²) >= 11 is 0. The molecule has 2 unspecified atom stereocenters. The summed E-state index contributed by atoms with van der Waals surface area (Å²) in [5, 5.41) is 0. The fourth-order valence-corrected chi connectivity index (χ4v) is 2.66. The smallest absolute Gasteiger partial charge is 0.0437 e. The largest absolute Gasteiger partial charge is 0.367 e. The van der Waals surface area contributed by atoms with Crippen LogP contribution in [0.4, 0.5) is 5.69 Å². The van der Waals surface area contributed by atoms with Gasteiger partial charge >= 0.3 is 0 Å². The van der Waals surface area contributed by atoms with Crippen LogP contribution in [0.3, 0.4) is 0 Å². The van der Waals surface area contributed by atoms with Crippen LogP contribution in [0.1, 0.15) is 39.2 Å². The van der Waals surface area contributed by atoms with Crippen LogP contribution >= 0.6 is 0 Å². The highest BCUT2D eigenvalue weighted by atomic mass is 15.2. The van der Waals surface area contributed by atoms with Gasteiger partial charge in [-0.15, -0.1) is 0 Å². The molecule has 18 heavy (non-hydrogen) atoms. The summed E-state index contributed by atoms with van der Waals surface area (Å²) in [5.41, 5.74) is 8.61. The molecule has 2 atom stereocenters. The van der Waals surface area contributed by atoms with Crippen molar-refractivity contribution >= 4 is 5.69 Å². The highest BCUT2D eigenvalue weighted by molar-refractivity contribution is 5.48. The molecule has 0 aliphatic carbocycles. The van der Waals surface area contributed by atoms with Crippen molar-refractivity contribution in [3.63, 3.8) is 0 Å². The van der Waals surface area contributed by atoms with E-state index in [4.69, 9.17) is 5.73 Å². The lowest BCUT2D eigenvalue weighted by atomic mass is 9.95. The summed E-state index contributed by atoms with van der Waals surface area (Å²) in [4.78, 5) is 2.44. The van der Waals surface area contributed by atoms with Gasteiger partial charge in [-0.1, -0.05) is 38.0 Å². The normalized spacial score (nSPS) is 14.3. The van der Waals surface area contributed by atoms with Crippen LogP contribution in [-0.4, -0.2) is 19.1 Å². The van der Waals surface area contributed by atoms with Gasteiger partial charge in [-0.05, 0) is 38.3 Å². The molecule has 2 nitrogen and oxygen atoms in total. The number of rotatable bonds is 7. The zero-order chi connectivity index (χ0) is 13.5. The molecule has 102 valence electrons. The van der Waals surface area contributed by atoms with Gasteiger partial charge in [0.15, 0.2) is 0 Å². The second-order valence-electron chi connectivity index (χ2n) is 5.19. The summed E-state index contributed by atoms with van der Waals surface area (Å²) in [6, 6.07) is 9.21. The van der Waals surface area contributed by atoms with E-state index < -0.39 is 0 Å². The van der Waals surface area contributed by atoms with Gasteiger partial charge in [0.05, 0.1) is 0 Å². The summed E-state index contributed by atoms with van der Waals surface area (Å²) in [6.45, 7) is 10.6. The lowest BCUT2D eigenvalue weighted by molar-refractivity contribution is 0.405. The Morgan fingerprint density at radius 2 is 1.78 bits per heavy atom. The van der Waals surface area contributed by atoms with E-state index >= 15 is 0 Å². The maximum atomic E-state index is 6.01. The van der Waals surface area contributed by atoms with Crippen molar-refractivity contribution in [2.75, 3.05) is 18.0 Å². The predicted molar refractivity (Wildman–Crippen MR) is 81.1 cm³/mol. The first-order valence-corrected chi connectivity index (χ1v) is 7.17. The number of nitrogens with two attached hydrogens (primary N) is 1. The van der Waals surface area contributed by atoms with Crippen LogP contribution in [0.25, 0.3) is 0 Å². The number of hydrogen-bond acceptors (Lipinski definition) is 2. The molecule has 1 aromatic rings. The molecule has 0 fully saturated rings. The van der Waals surface area contributed by atoms with E-state index in [9.17, 15) is 0 Å². The van der Waals surface area contributed by atoms with Crippen molar-refractivity contribution < 1.29 is 0 Å². The molecule has 0 heterocycles. The first-order chi connectivity index (χ1) is 8.63. The van der Waals surface area contributed by atoms with Crippen LogP contribution in [0.5, 0.6) is 0 Å². The maximum absolute atomic E-state index is 6.01. The summed E-state index contributed by atoms with van der Waals surface area (Å²) < 4.78 is 0. The molecule has 0 bridgehead atoms. The van der Waals surface area contributed by atoms with Crippen molar-refractivity contribution in [2.45, 2.75) is 46.6 Å². The molecule has 0 aliphatic rings. The molecule has 0 amide bonds. The van der Waals surface area contributed by atoms with Crippen molar-refractivity contribution in [1.29, 1.82) is 0 Å².